The van der Waals surface area contributed by atoms with E-state index in [9.17, 15) is 14.0 Å². The van der Waals surface area contributed by atoms with Crippen LogP contribution in [0.4, 0.5) is 10.1 Å². The minimum absolute atomic E-state index is 0.0234. The van der Waals surface area contributed by atoms with E-state index in [0.29, 0.717) is 30.0 Å². The number of benzene rings is 2. The molecule has 4 rings (SSSR count). The first-order valence-electron chi connectivity index (χ1n) is 10.1. The molecule has 0 radical (unpaired) electrons. The molecule has 0 aliphatic carbocycles. The molecule has 7 heteroatoms. The summed E-state index contributed by atoms with van der Waals surface area (Å²) >= 11 is 1.49. The van der Waals surface area contributed by atoms with Crippen LogP contribution in [-0.2, 0) is 21.0 Å². The van der Waals surface area contributed by atoms with Crippen LogP contribution in [-0.4, -0.2) is 36.1 Å². The van der Waals surface area contributed by atoms with Crippen LogP contribution >= 0.6 is 11.8 Å². The number of halogens is 1. The number of ether oxygens (including phenoxy) is 1. The van der Waals surface area contributed by atoms with Crippen molar-refractivity contribution in [3.8, 4) is 5.75 Å². The third-order valence-corrected chi connectivity index (χ3v) is 6.93. The van der Waals surface area contributed by atoms with Gasteiger partial charge in [-0.25, -0.2) is 4.39 Å². The molecule has 1 spiro atoms. The summed E-state index contributed by atoms with van der Waals surface area (Å²) in [5, 5.41) is 0. The first kappa shape index (κ1) is 20.7. The Hall–Kier alpha value is -2.54. The predicted octanol–water partition coefficient (Wildman–Crippen LogP) is 4.16. The monoisotopic (exact) mass is 428 g/mol. The number of hydrogen-bond acceptors (Lipinski definition) is 4. The molecule has 2 aromatic rings. The maximum Gasteiger partial charge on any atom is 0.268 e. The molecule has 2 aliphatic rings. The average Bonchev–Trinajstić information content (AvgIpc) is 3.25. The molecule has 30 heavy (non-hydrogen) atoms. The number of anilines is 1. The Morgan fingerprint density at radius 3 is 2.77 bits per heavy atom. The summed E-state index contributed by atoms with van der Waals surface area (Å²) in [4.78, 5) is 29.2. The van der Waals surface area contributed by atoms with Crippen LogP contribution in [0.1, 0.15) is 31.4 Å². The number of hydrogen-bond donors (Lipinski definition) is 0. The Balaban J connectivity index is 1.80. The molecular weight excluding hydrogens is 403 g/mol. The maximum absolute atomic E-state index is 13.9. The minimum Gasteiger partial charge on any atom is -0.497 e. The second-order valence-corrected chi connectivity index (χ2v) is 9.33. The van der Waals surface area contributed by atoms with E-state index in [1.807, 2.05) is 32.0 Å². The van der Waals surface area contributed by atoms with Gasteiger partial charge in [-0.1, -0.05) is 26.0 Å². The number of carbonyl (C=O) groups excluding carboxylic acids is 2. The molecule has 2 amide bonds. The summed E-state index contributed by atoms with van der Waals surface area (Å²) in [5.74, 6) is 0.995. The summed E-state index contributed by atoms with van der Waals surface area (Å²) in [7, 11) is 1.58. The number of thioether (sulfide) groups is 1. The van der Waals surface area contributed by atoms with Gasteiger partial charge in [0, 0.05) is 24.3 Å². The van der Waals surface area contributed by atoms with E-state index < -0.39 is 4.87 Å². The van der Waals surface area contributed by atoms with Crippen molar-refractivity contribution < 1.29 is 18.7 Å². The van der Waals surface area contributed by atoms with Gasteiger partial charge < -0.3 is 14.5 Å². The van der Waals surface area contributed by atoms with E-state index in [4.69, 9.17) is 4.74 Å². The van der Waals surface area contributed by atoms with Crippen LogP contribution in [0.15, 0.2) is 42.5 Å². The van der Waals surface area contributed by atoms with Gasteiger partial charge in [-0.05, 0) is 41.8 Å². The lowest BCUT2D eigenvalue weighted by Crippen LogP contribution is -2.50. The number of amides is 2. The van der Waals surface area contributed by atoms with E-state index in [1.54, 1.807) is 29.0 Å². The van der Waals surface area contributed by atoms with Crippen LogP contribution in [0.5, 0.6) is 5.75 Å². The smallest absolute Gasteiger partial charge is 0.268 e. The lowest BCUT2D eigenvalue weighted by molar-refractivity contribution is -0.140. The second kappa shape index (κ2) is 7.95. The van der Waals surface area contributed by atoms with Crippen molar-refractivity contribution in [1.82, 2.24) is 4.90 Å². The van der Waals surface area contributed by atoms with Crippen molar-refractivity contribution in [1.29, 1.82) is 0 Å². The number of methoxy groups -OCH3 is 1. The Labute approximate surface area is 180 Å². The van der Waals surface area contributed by atoms with Gasteiger partial charge in [-0.15, -0.1) is 11.8 Å². The summed E-state index contributed by atoms with van der Waals surface area (Å²) in [6.07, 6.45) is 0.388. The van der Waals surface area contributed by atoms with Crippen molar-refractivity contribution in [2.24, 2.45) is 5.92 Å². The van der Waals surface area contributed by atoms with Crippen molar-refractivity contribution >= 4 is 29.3 Å². The number of carbonyl (C=O) groups is 2. The van der Waals surface area contributed by atoms with Crippen LogP contribution in [0.3, 0.4) is 0 Å². The van der Waals surface area contributed by atoms with Crippen LogP contribution in [0, 0.1) is 11.7 Å². The molecule has 1 saturated heterocycles. The maximum atomic E-state index is 13.9. The highest BCUT2D eigenvalue weighted by atomic mass is 32.2. The summed E-state index contributed by atoms with van der Waals surface area (Å²) in [6, 6.07) is 11.8. The molecule has 0 aromatic heterocycles. The van der Waals surface area contributed by atoms with E-state index in [-0.39, 0.29) is 30.1 Å². The third-order valence-electron chi connectivity index (χ3n) is 5.51. The van der Waals surface area contributed by atoms with Gasteiger partial charge in [-0.3, -0.25) is 9.59 Å². The fourth-order valence-electron chi connectivity index (χ4n) is 4.21. The van der Waals surface area contributed by atoms with Gasteiger partial charge in [0.1, 0.15) is 11.6 Å². The Morgan fingerprint density at radius 2 is 2.07 bits per heavy atom. The van der Waals surface area contributed by atoms with Crippen LogP contribution < -0.4 is 9.64 Å². The quantitative estimate of drug-likeness (QED) is 0.718. The molecule has 2 heterocycles. The van der Waals surface area contributed by atoms with E-state index in [2.05, 4.69) is 0 Å². The van der Waals surface area contributed by atoms with Gasteiger partial charge in [0.05, 0.1) is 19.3 Å². The molecule has 1 fully saturated rings. The number of nitrogens with zero attached hydrogens (tertiary/aromatic N) is 2. The molecule has 5 nitrogen and oxygen atoms in total. The Bertz CT molecular complexity index is 996. The van der Waals surface area contributed by atoms with E-state index in [0.717, 1.165) is 11.3 Å². The Kier molecular flexibility index (Phi) is 5.49. The lowest BCUT2D eigenvalue weighted by Gasteiger charge is -2.33. The predicted molar refractivity (Wildman–Crippen MR) is 116 cm³/mol. The molecule has 2 aromatic carbocycles. The number of fused-ring (bicyclic) bond motifs is 2. The molecule has 0 saturated carbocycles. The topological polar surface area (TPSA) is 49.9 Å². The highest BCUT2D eigenvalue weighted by molar-refractivity contribution is 8.01. The molecule has 158 valence electrons. The summed E-state index contributed by atoms with van der Waals surface area (Å²) in [6.45, 7) is 4.76. The molecule has 2 aliphatic heterocycles. The highest BCUT2D eigenvalue weighted by Crippen LogP contribution is 2.55. The van der Waals surface area contributed by atoms with Crippen molar-refractivity contribution in [3.05, 3.63) is 59.4 Å². The van der Waals surface area contributed by atoms with Crippen molar-refractivity contribution in [2.75, 3.05) is 24.3 Å². The fraction of sp³-hybridized carbons (Fsp3) is 0.391. The lowest BCUT2D eigenvalue weighted by atomic mass is 10.0. The van der Waals surface area contributed by atoms with Gasteiger partial charge in [-0.2, -0.15) is 0 Å². The molecule has 0 unspecified atom stereocenters. The van der Waals surface area contributed by atoms with Crippen LogP contribution in [0.2, 0.25) is 0 Å². The van der Waals surface area contributed by atoms with Gasteiger partial charge >= 0.3 is 0 Å². The molecule has 1 atom stereocenters. The van der Waals surface area contributed by atoms with Crippen molar-refractivity contribution in [3.63, 3.8) is 0 Å². The third kappa shape index (κ3) is 3.35. The molecule has 0 N–H and O–H groups in total. The zero-order valence-electron chi connectivity index (χ0n) is 17.4. The average molecular weight is 429 g/mol. The molecule has 0 bridgehead atoms. The standard InChI is InChI=1S/C23H25FN2O3S/c1-15(2)11-21(27)26-9-10-30-23(26)19-13-18(29-3)7-8-20(19)25(22(23)28)14-16-5-4-6-17(24)12-16/h4-8,12-13,15H,9-11,14H2,1-3H3/t23-/m1/s1. The van der Waals surface area contributed by atoms with E-state index in [1.165, 1.54) is 23.9 Å². The molecular formula is C23H25FN2O3S. The zero-order valence-corrected chi connectivity index (χ0v) is 18.2. The first-order valence-corrected chi connectivity index (χ1v) is 11.0. The Morgan fingerprint density at radius 1 is 1.27 bits per heavy atom. The summed E-state index contributed by atoms with van der Waals surface area (Å²) < 4.78 is 19.2. The van der Waals surface area contributed by atoms with Crippen molar-refractivity contribution in [2.45, 2.75) is 31.7 Å². The van der Waals surface area contributed by atoms with Gasteiger partial charge in [0.15, 0.2) is 4.87 Å². The minimum atomic E-state index is -1.09. The normalized spacial score (nSPS) is 20.4. The van der Waals surface area contributed by atoms with Crippen LogP contribution in [0.25, 0.3) is 0 Å². The fourth-order valence-corrected chi connectivity index (χ4v) is 5.68. The number of rotatable bonds is 5. The second-order valence-electron chi connectivity index (χ2n) is 8.04. The van der Waals surface area contributed by atoms with Gasteiger partial charge in [0.25, 0.3) is 5.91 Å². The first-order chi connectivity index (χ1) is 14.4. The summed E-state index contributed by atoms with van der Waals surface area (Å²) in [5.41, 5.74) is 2.20. The van der Waals surface area contributed by atoms with E-state index >= 15 is 0 Å². The SMILES string of the molecule is COc1ccc2c(c1)[C@@]1(SCCN1C(=O)CC(C)C)C(=O)N2Cc1cccc(F)c1. The largest absolute Gasteiger partial charge is 0.497 e. The van der Waals surface area contributed by atoms with Gasteiger partial charge in [0.2, 0.25) is 5.91 Å². The highest BCUT2D eigenvalue weighted by Gasteiger charge is 2.59. The zero-order chi connectivity index (χ0) is 21.5.